The average molecular weight is 1100 g/mol. The van der Waals surface area contributed by atoms with Gasteiger partial charge in [0.15, 0.2) is 0 Å². The first kappa shape index (κ1) is 53.9. The molecule has 23 heteroatoms. The van der Waals surface area contributed by atoms with Crippen LogP contribution in [0.3, 0.4) is 0 Å². The lowest BCUT2D eigenvalue weighted by Gasteiger charge is -2.38. The highest BCUT2D eigenvalue weighted by Gasteiger charge is 2.45. The Labute approximate surface area is 458 Å². The summed E-state index contributed by atoms with van der Waals surface area (Å²) in [6, 6.07) is 12.0. The molecule has 5 aromatic rings. The van der Waals surface area contributed by atoms with Crippen molar-refractivity contribution in [3.8, 4) is 11.3 Å². The molecular weight excluding hydrogens is 1040 g/mol. The number of nitrogen functional groups attached to an aromatic ring is 1. The number of fused-ring (bicyclic) bond motifs is 4. The number of halogens is 3. The minimum Gasteiger partial charge on any atom is -0.383 e. The molecule has 3 saturated heterocycles. The molecule has 1 aliphatic carbocycles. The Morgan fingerprint density at radius 2 is 1.55 bits per heavy atom. The lowest BCUT2D eigenvalue weighted by molar-refractivity contribution is -0.138. The number of benzene rings is 2. The van der Waals surface area contributed by atoms with Crippen LogP contribution in [0.5, 0.6) is 0 Å². The van der Waals surface area contributed by atoms with Gasteiger partial charge in [-0.25, -0.2) is 9.97 Å². The molecule has 0 radical (unpaired) electrons. The predicted molar refractivity (Wildman–Crippen MR) is 288 cm³/mol. The van der Waals surface area contributed by atoms with Crippen LogP contribution in [-0.4, -0.2) is 146 Å². The molecule has 2 bridgehead atoms. The van der Waals surface area contributed by atoms with E-state index < -0.39 is 47.3 Å². The monoisotopic (exact) mass is 1100 g/mol. The number of imide groups is 2. The number of alkyl halides is 3. The fraction of sp³-hybridized carbons (Fsp3) is 0.439. The molecule has 1 saturated carbocycles. The third-order valence-electron chi connectivity index (χ3n) is 16.2. The molecule has 3 atom stereocenters. The van der Waals surface area contributed by atoms with Crippen molar-refractivity contribution in [3.63, 3.8) is 0 Å². The topological polar surface area (TPSA) is 247 Å². The zero-order valence-electron chi connectivity index (χ0n) is 43.9. The highest BCUT2D eigenvalue weighted by molar-refractivity contribution is 6.23. The van der Waals surface area contributed by atoms with E-state index >= 15 is 0 Å². The van der Waals surface area contributed by atoms with Gasteiger partial charge in [-0.15, -0.1) is 0 Å². The Hall–Kier alpha value is -8.05. The Kier molecular flexibility index (Phi) is 15.2. The second-order valence-corrected chi connectivity index (χ2v) is 21.5. The van der Waals surface area contributed by atoms with E-state index in [0.29, 0.717) is 62.2 Å². The van der Waals surface area contributed by atoms with Gasteiger partial charge in [-0.3, -0.25) is 53.4 Å². The number of hydrogen-bond donors (Lipinski definition) is 4. The van der Waals surface area contributed by atoms with Crippen molar-refractivity contribution in [3.05, 3.63) is 101 Å². The Morgan fingerprint density at radius 1 is 0.800 bits per heavy atom. The van der Waals surface area contributed by atoms with Crippen LogP contribution < -0.4 is 26.6 Å². The zero-order chi connectivity index (χ0) is 55.8. The highest BCUT2D eigenvalue weighted by Crippen LogP contribution is 2.40. The van der Waals surface area contributed by atoms with Crippen LogP contribution >= 0.6 is 0 Å². The smallest absolute Gasteiger partial charge is 0.383 e. The van der Waals surface area contributed by atoms with Gasteiger partial charge in [-0.2, -0.15) is 18.3 Å². The Morgan fingerprint density at radius 3 is 2.30 bits per heavy atom. The summed E-state index contributed by atoms with van der Waals surface area (Å²) in [6.45, 7) is 3.60. The van der Waals surface area contributed by atoms with Crippen LogP contribution in [0, 0.1) is 0 Å². The summed E-state index contributed by atoms with van der Waals surface area (Å²) in [4.78, 5) is 107. The molecule has 0 spiro atoms. The number of nitrogens with one attached hydrogen (secondary N) is 3. The third kappa shape index (κ3) is 11.4. The lowest BCUT2D eigenvalue weighted by atomic mass is 9.90. The first-order valence-corrected chi connectivity index (χ1v) is 27.4. The second-order valence-electron chi connectivity index (χ2n) is 21.5. The summed E-state index contributed by atoms with van der Waals surface area (Å²) < 4.78 is 48.6. The molecule has 6 aliphatic rings. The van der Waals surface area contributed by atoms with Crippen LogP contribution in [0.2, 0.25) is 0 Å². The fourth-order valence-corrected chi connectivity index (χ4v) is 12.0. The molecule has 5 aliphatic heterocycles. The molecule has 418 valence electrons. The predicted octanol–water partition coefficient (Wildman–Crippen LogP) is 6.13. The van der Waals surface area contributed by atoms with Gasteiger partial charge in [-0.1, -0.05) is 24.3 Å². The van der Waals surface area contributed by atoms with Crippen molar-refractivity contribution in [2.24, 2.45) is 0 Å². The summed E-state index contributed by atoms with van der Waals surface area (Å²) in [5.41, 5.74) is 9.90. The molecule has 5 N–H and O–H groups in total. The summed E-state index contributed by atoms with van der Waals surface area (Å²) in [7, 11) is 0. The van der Waals surface area contributed by atoms with Gasteiger partial charge in [0, 0.05) is 92.9 Å². The number of anilines is 3. The van der Waals surface area contributed by atoms with Gasteiger partial charge in [0.25, 0.3) is 17.7 Å². The maximum atomic E-state index is 14.1. The van der Waals surface area contributed by atoms with Crippen molar-refractivity contribution in [2.45, 2.75) is 114 Å². The molecule has 1 unspecified atom stereocenters. The van der Waals surface area contributed by atoms with E-state index in [-0.39, 0.29) is 96.8 Å². The molecule has 4 fully saturated rings. The molecule has 2 aromatic carbocycles. The van der Waals surface area contributed by atoms with Crippen LogP contribution in [0.1, 0.15) is 125 Å². The van der Waals surface area contributed by atoms with Gasteiger partial charge in [0.1, 0.15) is 23.4 Å². The number of carbonyl (C=O) groups is 7. The number of carbonyl (C=O) groups excluding carboxylic acids is 7. The minimum absolute atomic E-state index is 0.0362. The fourth-order valence-electron chi connectivity index (χ4n) is 12.0. The SMILES string of the molecule is Nc1ncc2c3c1c(-c1ccc(C(=O)Nc4cc(C(F)(F)F)ccn4)cc1)nn3[C@@H]1CCC[C@H](C1)NC(=O)CCN(C(=O)CN1CCC(OC3CCN(c4ccc5c(c4)C(=O)N(C4CCC(=O)NC4=O)C5=O)CC3)CC1)CC/C=C/2. The van der Waals surface area contributed by atoms with E-state index in [9.17, 15) is 46.7 Å². The number of ether oxygens (including phenoxy) is 1. The van der Waals surface area contributed by atoms with E-state index in [0.717, 1.165) is 84.9 Å². The zero-order valence-corrected chi connectivity index (χ0v) is 43.9. The van der Waals surface area contributed by atoms with Crippen LogP contribution in [0.15, 0.2) is 73.1 Å². The third-order valence-corrected chi connectivity index (χ3v) is 16.2. The van der Waals surface area contributed by atoms with Crippen molar-refractivity contribution < 1.29 is 51.5 Å². The van der Waals surface area contributed by atoms with Crippen molar-refractivity contribution in [2.75, 3.05) is 61.8 Å². The number of nitrogens with two attached hydrogens (primary N) is 1. The summed E-state index contributed by atoms with van der Waals surface area (Å²) in [5, 5.41) is 13.7. The normalized spacial score (nSPS) is 22.4. The Bertz CT molecular complexity index is 3300. The maximum Gasteiger partial charge on any atom is 0.416 e. The summed E-state index contributed by atoms with van der Waals surface area (Å²) in [5.74, 6) is -2.95. The van der Waals surface area contributed by atoms with E-state index in [1.807, 2.05) is 22.9 Å². The molecule has 8 heterocycles. The van der Waals surface area contributed by atoms with Crippen molar-refractivity contribution in [1.29, 1.82) is 0 Å². The number of aromatic nitrogens is 4. The van der Waals surface area contributed by atoms with Gasteiger partial charge < -0.3 is 30.9 Å². The largest absolute Gasteiger partial charge is 0.416 e. The quantitative estimate of drug-likeness (QED) is 0.121. The van der Waals surface area contributed by atoms with E-state index in [2.05, 4.69) is 35.7 Å². The number of rotatable bonds is 9. The number of nitrogens with zero attached hydrogens (tertiary/aromatic N) is 8. The highest BCUT2D eigenvalue weighted by atomic mass is 19.4. The van der Waals surface area contributed by atoms with Gasteiger partial charge in [0.2, 0.25) is 23.6 Å². The minimum atomic E-state index is -4.60. The molecule has 7 amide bonds. The average Bonchev–Trinajstić information content (AvgIpc) is 4.09. The van der Waals surface area contributed by atoms with Crippen molar-refractivity contribution >= 4 is 75.7 Å². The first-order chi connectivity index (χ1) is 38.5. The van der Waals surface area contributed by atoms with Crippen LogP contribution in [0.4, 0.5) is 30.5 Å². The summed E-state index contributed by atoms with van der Waals surface area (Å²) >= 11 is 0. The number of piperidine rings is 3. The first-order valence-electron chi connectivity index (χ1n) is 27.4. The van der Waals surface area contributed by atoms with Crippen LogP contribution in [0.25, 0.3) is 28.2 Å². The van der Waals surface area contributed by atoms with Gasteiger partial charge in [0.05, 0.1) is 52.4 Å². The molecule has 11 rings (SSSR count). The molecule has 80 heavy (non-hydrogen) atoms. The maximum absolute atomic E-state index is 14.1. The van der Waals surface area contributed by atoms with E-state index in [1.54, 1.807) is 47.5 Å². The molecule has 20 nitrogen and oxygen atoms in total. The Balaban J connectivity index is 0.705. The van der Waals surface area contributed by atoms with E-state index in [4.69, 9.17) is 15.6 Å². The molecule has 3 aromatic heterocycles. The van der Waals surface area contributed by atoms with Crippen molar-refractivity contribution in [1.82, 2.24) is 45.1 Å². The standard InChI is InChI=1S/C57H61F3N12O8/c58-57(59,60)36-15-21-62-45(28-36)65-53(76)34-9-7-33(8-10-34)50-49-51-35(31-63-52(49)61)4-1-2-22-70(27-20-47(74)64-37-5-3-6-39(29-37)72(51)67-50)48(75)32-68-23-16-40(17-24-68)80-41-18-25-69(26-19-41)38-11-12-42-43(30-38)56(79)71(55(42)78)44-13-14-46(73)66-54(44)77/h1,4,7-12,15,21,28,30-31,37,39-41,44H,2-3,5-6,13-14,16-20,22-27,29,32H2,(H2,61,63)(H,64,74)(H,62,65,76)(H,66,73,77)/b4-1+/t37-,39-,44?/m1/s1. The second kappa shape index (κ2) is 22.6. The van der Waals surface area contributed by atoms with Gasteiger partial charge >= 0.3 is 6.18 Å². The van der Waals surface area contributed by atoms with E-state index in [1.165, 1.54) is 0 Å². The summed E-state index contributed by atoms with van der Waals surface area (Å²) in [6.07, 6.45) is 9.00. The number of amides is 7. The lowest BCUT2D eigenvalue weighted by Crippen LogP contribution is -2.54. The number of hydrogen-bond acceptors (Lipinski definition) is 14. The number of likely N-dealkylation sites (tertiary alicyclic amines) is 1. The number of pyridine rings is 2. The molecular formula is C57H61F3N12O8. The van der Waals surface area contributed by atoms with Crippen LogP contribution in [-0.2, 0) is 30.1 Å². The van der Waals surface area contributed by atoms with Gasteiger partial charge in [-0.05, 0) is 107 Å².